The van der Waals surface area contributed by atoms with Crippen molar-refractivity contribution in [1.29, 1.82) is 0 Å². The fourth-order valence-corrected chi connectivity index (χ4v) is 1.32. The molecule has 0 spiro atoms. The zero-order valence-corrected chi connectivity index (χ0v) is 7.95. The molecule has 3 heteroatoms. The van der Waals surface area contributed by atoms with Crippen molar-refractivity contribution in [3.05, 3.63) is 12.2 Å². The van der Waals surface area contributed by atoms with Crippen molar-refractivity contribution < 1.29 is 9.59 Å². The molecule has 1 fully saturated rings. The van der Waals surface area contributed by atoms with Gasteiger partial charge in [0.1, 0.15) is 0 Å². The van der Waals surface area contributed by atoms with Crippen LogP contribution in [0.1, 0.15) is 32.6 Å². The second kappa shape index (κ2) is 4.80. The van der Waals surface area contributed by atoms with Gasteiger partial charge < -0.3 is 0 Å². The van der Waals surface area contributed by atoms with Crippen molar-refractivity contribution in [2.75, 3.05) is 6.54 Å². The summed E-state index contributed by atoms with van der Waals surface area (Å²) in [4.78, 5) is 23.8. The average Bonchev–Trinajstić information content (AvgIpc) is 2.52. The highest BCUT2D eigenvalue weighted by molar-refractivity contribution is 6.01. The maximum absolute atomic E-state index is 11.3. The Morgan fingerprint density at radius 2 is 2.38 bits per heavy atom. The number of likely N-dealkylation sites (tertiary alicyclic amines) is 1. The molecular formula is C10H15NO2. The Bertz CT molecular complexity index is 233. The van der Waals surface area contributed by atoms with E-state index in [0.717, 1.165) is 19.3 Å². The monoisotopic (exact) mass is 181 g/mol. The van der Waals surface area contributed by atoms with Crippen molar-refractivity contribution in [2.24, 2.45) is 0 Å². The average molecular weight is 181 g/mol. The van der Waals surface area contributed by atoms with Crippen LogP contribution in [0.2, 0.25) is 0 Å². The van der Waals surface area contributed by atoms with Gasteiger partial charge in [-0.15, -0.1) is 0 Å². The molecule has 2 amide bonds. The molecule has 0 atom stereocenters. The fourth-order valence-electron chi connectivity index (χ4n) is 1.32. The molecule has 0 aromatic rings. The number of imide groups is 1. The SMILES string of the molecule is CCC/C=C/C(=O)N1CCCC1=O. The Morgan fingerprint density at radius 3 is 2.92 bits per heavy atom. The van der Waals surface area contributed by atoms with Gasteiger partial charge in [0.15, 0.2) is 0 Å². The molecular weight excluding hydrogens is 166 g/mol. The number of nitrogens with zero attached hydrogens (tertiary/aromatic N) is 1. The zero-order valence-electron chi connectivity index (χ0n) is 7.95. The van der Waals surface area contributed by atoms with Gasteiger partial charge in [-0.2, -0.15) is 0 Å². The Kier molecular flexibility index (Phi) is 3.68. The normalized spacial score (nSPS) is 17.3. The summed E-state index contributed by atoms with van der Waals surface area (Å²) in [6.45, 7) is 2.64. The lowest BCUT2D eigenvalue weighted by molar-refractivity contribution is -0.138. The van der Waals surface area contributed by atoms with E-state index in [1.165, 1.54) is 11.0 Å². The summed E-state index contributed by atoms with van der Waals surface area (Å²) in [5.41, 5.74) is 0. The molecule has 1 heterocycles. The number of hydrogen-bond donors (Lipinski definition) is 0. The van der Waals surface area contributed by atoms with Crippen LogP contribution >= 0.6 is 0 Å². The van der Waals surface area contributed by atoms with Crippen LogP contribution in [0.3, 0.4) is 0 Å². The third-order valence-electron chi connectivity index (χ3n) is 2.06. The lowest BCUT2D eigenvalue weighted by Crippen LogP contribution is -2.30. The van der Waals surface area contributed by atoms with E-state index in [-0.39, 0.29) is 11.8 Å². The number of unbranched alkanes of at least 4 members (excludes halogenated alkanes) is 1. The largest absolute Gasteiger partial charge is 0.279 e. The van der Waals surface area contributed by atoms with Crippen LogP contribution in [0.5, 0.6) is 0 Å². The molecule has 0 aliphatic carbocycles. The number of allylic oxidation sites excluding steroid dienone is 1. The first-order chi connectivity index (χ1) is 6.25. The molecule has 1 rings (SSSR count). The van der Waals surface area contributed by atoms with Crippen LogP contribution in [0.25, 0.3) is 0 Å². The highest BCUT2D eigenvalue weighted by Gasteiger charge is 2.24. The van der Waals surface area contributed by atoms with Crippen molar-refractivity contribution in [3.8, 4) is 0 Å². The smallest absolute Gasteiger partial charge is 0.252 e. The predicted octanol–water partition coefficient (Wildman–Crippen LogP) is 1.49. The Hall–Kier alpha value is -1.12. The lowest BCUT2D eigenvalue weighted by Gasteiger charge is -2.09. The number of rotatable bonds is 3. The third-order valence-corrected chi connectivity index (χ3v) is 2.06. The van der Waals surface area contributed by atoms with Gasteiger partial charge in [-0.25, -0.2) is 0 Å². The van der Waals surface area contributed by atoms with Gasteiger partial charge in [-0.05, 0) is 18.9 Å². The minimum absolute atomic E-state index is 0.0360. The molecule has 13 heavy (non-hydrogen) atoms. The first-order valence-corrected chi connectivity index (χ1v) is 4.76. The summed E-state index contributed by atoms with van der Waals surface area (Å²) in [5, 5.41) is 0. The third kappa shape index (κ3) is 2.68. The zero-order chi connectivity index (χ0) is 9.68. The maximum atomic E-state index is 11.3. The standard InChI is InChI=1S/C10H15NO2/c1-2-3-4-6-9(12)11-8-5-7-10(11)13/h4,6H,2-3,5,7-8H2,1H3/b6-4+. The van der Waals surface area contributed by atoms with Crippen LogP contribution in [0.15, 0.2) is 12.2 Å². The van der Waals surface area contributed by atoms with Crippen LogP contribution < -0.4 is 0 Å². The van der Waals surface area contributed by atoms with Gasteiger partial charge in [0.2, 0.25) is 5.91 Å². The molecule has 1 aliphatic rings. The van der Waals surface area contributed by atoms with Crippen LogP contribution in [0.4, 0.5) is 0 Å². The molecule has 0 bridgehead atoms. The molecule has 0 unspecified atom stereocenters. The number of amides is 2. The summed E-state index contributed by atoms with van der Waals surface area (Å²) < 4.78 is 0. The lowest BCUT2D eigenvalue weighted by atomic mass is 10.3. The fraction of sp³-hybridized carbons (Fsp3) is 0.600. The van der Waals surface area contributed by atoms with E-state index in [2.05, 4.69) is 6.92 Å². The van der Waals surface area contributed by atoms with E-state index in [1.54, 1.807) is 0 Å². The maximum Gasteiger partial charge on any atom is 0.252 e. The molecule has 3 nitrogen and oxygen atoms in total. The highest BCUT2D eigenvalue weighted by Crippen LogP contribution is 2.10. The quantitative estimate of drug-likeness (QED) is 0.618. The number of carbonyl (C=O) groups is 2. The number of hydrogen-bond acceptors (Lipinski definition) is 2. The van der Waals surface area contributed by atoms with Gasteiger partial charge in [0, 0.05) is 13.0 Å². The van der Waals surface area contributed by atoms with E-state index in [4.69, 9.17) is 0 Å². The summed E-state index contributed by atoms with van der Waals surface area (Å²) in [6, 6.07) is 0. The molecule has 0 saturated carbocycles. The van der Waals surface area contributed by atoms with Gasteiger partial charge >= 0.3 is 0 Å². The number of carbonyl (C=O) groups excluding carboxylic acids is 2. The summed E-state index contributed by atoms with van der Waals surface area (Å²) >= 11 is 0. The van der Waals surface area contributed by atoms with Gasteiger partial charge in [-0.3, -0.25) is 14.5 Å². The molecule has 1 aliphatic heterocycles. The van der Waals surface area contributed by atoms with Gasteiger partial charge in [0.05, 0.1) is 0 Å². The summed E-state index contributed by atoms with van der Waals surface area (Å²) in [5.74, 6) is -0.193. The van der Waals surface area contributed by atoms with E-state index >= 15 is 0 Å². The van der Waals surface area contributed by atoms with Crippen LogP contribution in [-0.4, -0.2) is 23.3 Å². The molecule has 0 aromatic heterocycles. The van der Waals surface area contributed by atoms with Gasteiger partial charge in [-0.1, -0.05) is 19.4 Å². The predicted molar refractivity (Wildman–Crippen MR) is 50.0 cm³/mol. The van der Waals surface area contributed by atoms with Crippen molar-refractivity contribution in [2.45, 2.75) is 32.6 Å². The molecule has 0 N–H and O–H groups in total. The Balaban J connectivity index is 2.43. The minimum atomic E-state index is -0.157. The topological polar surface area (TPSA) is 37.4 Å². The second-order valence-electron chi connectivity index (χ2n) is 3.18. The first-order valence-electron chi connectivity index (χ1n) is 4.76. The summed E-state index contributed by atoms with van der Waals surface area (Å²) in [6.07, 6.45) is 6.59. The highest BCUT2D eigenvalue weighted by atomic mass is 16.2. The van der Waals surface area contributed by atoms with Crippen molar-refractivity contribution in [3.63, 3.8) is 0 Å². The van der Waals surface area contributed by atoms with E-state index < -0.39 is 0 Å². The minimum Gasteiger partial charge on any atom is -0.279 e. The first kappa shape index (κ1) is 9.96. The van der Waals surface area contributed by atoms with Crippen LogP contribution in [0, 0.1) is 0 Å². The molecule has 72 valence electrons. The Morgan fingerprint density at radius 1 is 1.62 bits per heavy atom. The summed E-state index contributed by atoms with van der Waals surface area (Å²) in [7, 11) is 0. The molecule has 0 radical (unpaired) electrons. The Labute approximate surface area is 78.4 Å². The second-order valence-corrected chi connectivity index (χ2v) is 3.18. The van der Waals surface area contributed by atoms with Gasteiger partial charge in [0.25, 0.3) is 5.91 Å². The van der Waals surface area contributed by atoms with Crippen molar-refractivity contribution >= 4 is 11.8 Å². The molecule has 1 saturated heterocycles. The molecule has 0 aromatic carbocycles. The van der Waals surface area contributed by atoms with Crippen LogP contribution in [-0.2, 0) is 9.59 Å². The van der Waals surface area contributed by atoms with Crippen molar-refractivity contribution in [1.82, 2.24) is 4.90 Å². The van der Waals surface area contributed by atoms with E-state index in [9.17, 15) is 9.59 Å². The van der Waals surface area contributed by atoms with E-state index in [1.807, 2.05) is 6.08 Å². The van der Waals surface area contributed by atoms with E-state index in [0.29, 0.717) is 13.0 Å².